The van der Waals surface area contributed by atoms with Crippen LogP contribution >= 0.6 is 11.6 Å². The molecular weight excluding hydrogens is 338 g/mol. The largest absolute Gasteiger partial charge is 0.343 e. The first-order valence-electron chi connectivity index (χ1n) is 9.06. The summed E-state index contributed by atoms with van der Waals surface area (Å²) in [6.07, 6.45) is 1.45. The second kappa shape index (κ2) is 9.09. The molecule has 0 radical (unpaired) electrons. The molecule has 2 rings (SSSR count). The first-order chi connectivity index (χ1) is 12.0. The van der Waals surface area contributed by atoms with Crippen LogP contribution in [0.15, 0.2) is 24.3 Å². The van der Waals surface area contributed by atoms with Crippen LogP contribution in [0.4, 0.5) is 4.79 Å². The van der Waals surface area contributed by atoms with Crippen LogP contribution in [0, 0.1) is 5.92 Å². The van der Waals surface area contributed by atoms with Crippen molar-refractivity contribution in [2.24, 2.45) is 5.92 Å². The molecule has 0 aliphatic carbocycles. The number of piperidine rings is 1. The number of urea groups is 1. The lowest BCUT2D eigenvalue weighted by atomic mass is 9.95. The number of hydrogen-bond acceptors (Lipinski definition) is 2. The van der Waals surface area contributed by atoms with Gasteiger partial charge in [-0.2, -0.15) is 0 Å². The number of benzene rings is 1. The third-order valence-corrected chi connectivity index (χ3v) is 5.26. The maximum Gasteiger partial charge on any atom is 0.317 e. The summed E-state index contributed by atoms with van der Waals surface area (Å²) in [4.78, 5) is 28.6. The van der Waals surface area contributed by atoms with Crippen LogP contribution in [0.5, 0.6) is 0 Å². The first kappa shape index (κ1) is 19.6. The summed E-state index contributed by atoms with van der Waals surface area (Å²) in [5.74, 6) is 0.249. The van der Waals surface area contributed by atoms with Crippen LogP contribution in [0.2, 0.25) is 5.02 Å². The number of carbonyl (C=O) groups excluding carboxylic acids is 2. The van der Waals surface area contributed by atoms with E-state index in [2.05, 4.69) is 5.32 Å². The van der Waals surface area contributed by atoms with E-state index in [1.54, 1.807) is 4.90 Å². The van der Waals surface area contributed by atoms with Gasteiger partial charge in [-0.15, -0.1) is 0 Å². The highest BCUT2D eigenvalue weighted by Crippen LogP contribution is 2.23. The smallest absolute Gasteiger partial charge is 0.317 e. The minimum absolute atomic E-state index is 0.0324. The van der Waals surface area contributed by atoms with Gasteiger partial charge in [0.15, 0.2) is 0 Å². The number of hydrogen-bond donors (Lipinski definition) is 1. The molecule has 1 unspecified atom stereocenters. The van der Waals surface area contributed by atoms with E-state index in [1.165, 1.54) is 0 Å². The quantitative estimate of drug-likeness (QED) is 0.865. The Labute approximate surface area is 155 Å². The zero-order valence-corrected chi connectivity index (χ0v) is 16.1. The van der Waals surface area contributed by atoms with Gasteiger partial charge in [0.2, 0.25) is 5.91 Å². The Kier molecular flexibility index (Phi) is 7.12. The molecule has 0 aromatic heterocycles. The summed E-state index contributed by atoms with van der Waals surface area (Å²) in [6.45, 7) is 8.63. The van der Waals surface area contributed by atoms with Crippen molar-refractivity contribution in [1.82, 2.24) is 15.1 Å². The van der Waals surface area contributed by atoms with E-state index in [0.717, 1.165) is 31.5 Å². The van der Waals surface area contributed by atoms with Crippen molar-refractivity contribution in [1.29, 1.82) is 0 Å². The topological polar surface area (TPSA) is 52.7 Å². The normalized spacial score (nSPS) is 16.4. The summed E-state index contributed by atoms with van der Waals surface area (Å²) in [6, 6.07) is 7.27. The lowest BCUT2D eigenvalue weighted by Crippen LogP contribution is -2.48. The molecule has 1 heterocycles. The van der Waals surface area contributed by atoms with Crippen molar-refractivity contribution in [3.8, 4) is 0 Å². The van der Waals surface area contributed by atoms with E-state index in [4.69, 9.17) is 11.6 Å². The summed E-state index contributed by atoms with van der Waals surface area (Å²) >= 11 is 6.19. The van der Waals surface area contributed by atoms with Crippen molar-refractivity contribution >= 4 is 23.5 Å². The summed E-state index contributed by atoms with van der Waals surface area (Å²) in [7, 11) is 0. The minimum atomic E-state index is -0.156. The number of amides is 3. The van der Waals surface area contributed by atoms with Gasteiger partial charge in [-0.05, 0) is 45.2 Å². The van der Waals surface area contributed by atoms with Crippen LogP contribution in [-0.4, -0.2) is 47.9 Å². The molecule has 1 aliphatic heterocycles. The fourth-order valence-electron chi connectivity index (χ4n) is 3.30. The second-order valence-electron chi connectivity index (χ2n) is 6.46. The molecule has 1 atom stereocenters. The maximum absolute atomic E-state index is 12.5. The van der Waals surface area contributed by atoms with Crippen LogP contribution in [0.3, 0.4) is 0 Å². The van der Waals surface area contributed by atoms with E-state index in [1.807, 2.05) is 49.9 Å². The number of likely N-dealkylation sites (tertiary alicyclic amines) is 1. The Bertz CT molecular complexity index is 596. The molecule has 1 aromatic rings. The SMILES string of the molecule is CCN(CC)C(=O)C1CCN(C(=O)NC(C)c2ccccc2Cl)CC1. The Balaban J connectivity index is 1.87. The van der Waals surface area contributed by atoms with Gasteiger partial charge in [-0.1, -0.05) is 29.8 Å². The first-order valence-corrected chi connectivity index (χ1v) is 9.44. The van der Waals surface area contributed by atoms with Crippen LogP contribution in [0.25, 0.3) is 0 Å². The molecule has 1 aliphatic rings. The highest BCUT2D eigenvalue weighted by atomic mass is 35.5. The van der Waals surface area contributed by atoms with Gasteiger partial charge in [0.25, 0.3) is 0 Å². The van der Waals surface area contributed by atoms with E-state index in [9.17, 15) is 9.59 Å². The predicted octanol–water partition coefficient (Wildman–Crippen LogP) is 3.69. The highest BCUT2D eigenvalue weighted by molar-refractivity contribution is 6.31. The molecule has 0 saturated carbocycles. The van der Waals surface area contributed by atoms with Gasteiger partial charge in [-0.25, -0.2) is 4.79 Å². The van der Waals surface area contributed by atoms with Crippen molar-refractivity contribution in [3.63, 3.8) is 0 Å². The molecule has 5 nitrogen and oxygen atoms in total. The zero-order chi connectivity index (χ0) is 18.4. The summed E-state index contributed by atoms with van der Waals surface area (Å²) in [5.41, 5.74) is 0.907. The van der Waals surface area contributed by atoms with Crippen molar-refractivity contribution in [2.75, 3.05) is 26.2 Å². The monoisotopic (exact) mass is 365 g/mol. The van der Waals surface area contributed by atoms with Crippen LogP contribution in [0.1, 0.15) is 45.2 Å². The molecular formula is C19H28ClN3O2. The molecule has 1 saturated heterocycles. The van der Waals surface area contributed by atoms with E-state index in [0.29, 0.717) is 18.1 Å². The maximum atomic E-state index is 12.5. The lowest BCUT2D eigenvalue weighted by molar-refractivity contribution is -0.136. The lowest BCUT2D eigenvalue weighted by Gasteiger charge is -2.34. The van der Waals surface area contributed by atoms with Gasteiger partial charge >= 0.3 is 6.03 Å². The van der Waals surface area contributed by atoms with Gasteiger partial charge in [0.1, 0.15) is 0 Å². The molecule has 6 heteroatoms. The predicted molar refractivity (Wildman–Crippen MR) is 101 cm³/mol. The van der Waals surface area contributed by atoms with E-state index >= 15 is 0 Å². The van der Waals surface area contributed by atoms with Crippen molar-refractivity contribution in [2.45, 2.75) is 39.7 Å². The van der Waals surface area contributed by atoms with Gasteiger partial charge < -0.3 is 15.1 Å². The third-order valence-electron chi connectivity index (χ3n) is 4.92. The molecule has 3 amide bonds. The molecule has 1 N–H and O–H groups in total. The Morgan fingerprint density at radius 1 is 1.24 bits per heavy atom. The number of rotatable bonds is 5. The Morgan fingerprint density at radius 3 is 2.40 bits per heavy atom. The van der Waals surface area contributed by atoms with E-state index < -0.39 is 0 Å². The third kappa shape index (κ3) is 4.88. The molecule has 1 fully saturated rings. The summed E-state index contributed by atoms with van der Waals surface area (Å²) in [5, 5.41) is 3.65. The average molecular weight is 366 g/mol. The van der Waals surface area contributed by atoms with Gasteiger partial charge in [-0.3, -0.25) is 4.79 Å². The zero-order valence-electron chi connectivity index (χ0n) is 15.3. The Hall–Kier alpha value is -1.75. The molecule has 1 aromatic carbocycles. The fraction of sp³-hybridized carbons (Fsp3) is 0.579. The van der Waals surface area contributed by atoms with Gasteiger partial charge in [0, 0.05) is 37.1 Å². The minimum Gasteiger partial charge on any atom is -0.343 e. The highest BCUT2D eigenvalue weighted by Gasteiger charge is 2.29. The second-order valence-corrected chi connectivity index (χ2v) is 6.87. The van der Waals surface area contributed by atoms with E-state index in [-0.39, 0.29) is 23.9 Å². The molecule has 0 bridgehead atoms. The number of carbonyl (C=O) groups is 2. The van der Waals surface area contributed by atoms with Crippen LogP contribution < -0.4 is 5.32 Å². The van der Waals surface area contributed by atoms with Crippen molar-refractivity contribution in [3.05, 3.63) is 34.9 Å². The Morgan fingerprint density at radius 2 is 1.84 bits per heavy atom. The summed E-state index contributed by atoms with van der Waals surface area (Å²) < 4.78 is 0. The van der Waals surface area contributed by atoms with Crippen molar-refractivity contribution < 1.29 is 9.59 Å². The fourth-order valence-corrected chi connectivity index (χ4v) is 3.60. The van der Waals surface area contributed by atoms with Gasteiger partial charge in [0.05, 0.1) is 6.04 Å². The van der Waals surface area contributed by atoms with Crippen LogP contribution in [-0.2, 0) is 4.79 Å². The number of nitrogens with zero attached hydrogens (tertiary/aromatic N) is 2. The average Bonchev–Trinajstić information content (AvgIpc) is 2.63. The molecule has 0 spiro atoms. The standard InChI is InChI=1S/C19H28ClN3O2/c1-4-22(5-2)18(24)15-10-12-23(13-11-15)19(25)21-14(3)16-8-6-7-9-17(16)20/h6-9,14-15H,4-5,10-13H2,1-3H3,(H,21,25). The number of nitrogens with one attached hydrogen (secondary N) is 1. The molecule has 138 valence electrons. The number of halogens is 1. The molecule has 25 heavy (non-hydrogen) atoms.